The second-order valence-corrected chi connectivity index (χ2v) is 8.40. The highest BCUT2D eigenvalue weighted by molar-refractivity contribution is 14.1. The lowest BCUT2D eigenvalue weighted by molar-refractivity contribution is 0.148. The SMILES string of the molecule is COc1ccc(COC/C=C(\C)CC[C@@H]2O[C@@]2(C)CC[C@H](O)/C(C)=C/I)cc1. The summed E-state index contributed by atoms with van der Waals surface area (Å²) >= 11 is 2.17. The molecule has 1 N–H and O–H groups in total. The van der Waals surface area contributed by atoms with Crippen LogP contribution in [0.5, 0.6) is 5.75 Å². The van der Waals surface area contributed by atoms with Crippen LogP contribution in [0.3, 0.4) is 0 Å². The smallest absolute Gasteiger partial charge is 0.118 e. The second-order valence-electron chi connectivity index (χ2n) is 7.78. The van der Waals surface area contributed by atoms with E-state index in [2.05, 4.69) is 42.5 Å². The van der Waals surface area contributed by atoms with E-state index in [-0.39, 0.29) is 11.7 Å². The number of ether oxygens (including phenoxy) is 3. The van der Waals surface area contributed by atoms with Gasteiger partial charge in [0.1, 0.15) is 5.75 Å². The summed E-state index contributed by atoms with van der Waals surface area (Å²) in [6.07, 6.45) is 5.79. The highest BCUT2D eigenvalue weighted by atomic mass is 127. The van der Waals surface area contributed by atoms with Crippen LogP contribution in [0.2, 0.25) is 0 Å². The Morgan fingerprint density at radius 2 is 2.04 bits per heavy atom. The van der Waals surface area contributed by atoms with Crippen LogP contribution in [0.15, 0.2) is 45.6 Å². The molecule has 0 saturated carbocycles. The minimum atomic E-state index is -0.358. The maximum atomic E-state index is 10.1. The third-order valence-electron chi connectivity index (χ3n) is 5.43. The van der Waals surface area contributed by atoms with Crippen LogP contribution in [-0.2, 0) is 16.1 Å². The lowest BCUT2D eigenvalue weighted by Crippen LogP contribution is -2.16. The molecule has 156 valence electrons. The molecule has 1 aliphatic rings. The van der Waals surface area contributed by atoms with Gasteiger partial charge in [0.05, 0.1) is 38.1 Å². The molecule has 1 aromatic rings. The first-order valence-electron chi connectivity index (χ1n) is 9.87. The molecule has 0 amide bonds. The van der Waals surface area contributed by atoms with E-state index in [4.69, 9.17) is 14.2 Å². The first-order valence-corrected chi connectivity index (χ1v) is 11.1. The lowest BCUT2D eigenvalue weighted by Gasteiger charge is -2.13. The Kier molecular flexibility index (Phi) is 9.47. The maximum absolute atomic E-state index is 10.1. The van der Waals surface area contributed by atoms with Gasteiger partial charge in [0.2, 0.25) is 0 Å². The molecule has 0 radical (unpaired) electrons. The Balaban J connectivity index is 1.62. The first kappa shape index (κ1) is 23.4. The molecule has 1 aromatic carbocycles. The zero-order valence-electron chi connectivity index (χ0n) is 17.4. The molecule has 3 atom stereocenters. The zero-order valence-corrected chi connectivity index (χ0v) is 19.6. The van der Waals surface area contributed by atoms with Crippen LogP contribution in [0.25, 0.3) is 0 Å². The van der Waals surface area contributed by atoms with Gasteiger partial charge in [-0.15, -0.1) is 0 Å². The molecule has 1 aliphatic heterocycles. The third kappa shape index (κ3) is 7.50. The number of hydrogen-bond acceptors (Lipinski definition) is 4. The Hall–Kier alpha value is -0.890. The Morgan fingerprint density at radius 3 is 2.68 bits per heavy atom. The number of hydrogen-bond donors (Lipinski definition) is 1. The highest BCUT2D eigenvalue weighted by Crippen LogP contribution is 2.43. The predicted molar refractivity (Wildman–Crippen MR) is 122 cm³/mol. The van der Waals surface area contributed by atoms with Crippen molar-refractivity contribution in [2.75, 3.05) is 13.7 Å². The number of rotatable bonds is 12. The van der Waals surface area contributed by atoms with Crippen molar-refractivity contribution in [3.05, 3.63) is 51.1 Å². The quantitative estimate of drug-likeness (QED) is 0.176. The van der Waals surface area contributed by atoms with Gasteiger partial charge in [-0.05, 0) is 73.8 Å². The van der Waals surface area contributed by atoms with E-state index in [0.29, 0.717) is 19.3 Å². The van der Waals surface area contributed by atoms with Crippen molar-refractivity contribution in [1.82, 2.24) is 0 Å². The molecule has 0 aromatic heterocycles. The lowest BCUT2D eigenvalue weighted by atomic mass is 9.94. The average molecular weight is 500 g/mol. The molecule has 4 nitrogen and oxygen atoms in total. The van der Waals surface area contributed by atoms with Crippen LogP contribution in [0.1, 0.15) is 52.0 Å². The summed E-state index contributed by atoms with van der Waals surface area (Å²) in [4.78, 5) is 0. The van der Waals surface area contributed by atoms with Crippen molar-refractivity contribution < 1.29 is 19.3 Å². The van der Waals surface area contributed by atoms with E-state index < -0.39 is 0 Å². The van der Waals surface area contributed by atoms with Crippen LogP contribution in [0.4, 0.5) is 0 Å². The van der Waals surface area contributed by atoms with E-state index in [0.717, 1.165) is 42.6 Å². The van der Waals surface area contributed by atoms with Crippen molar-refractivity contribution in [1.29, 1.82) is 0 Å². The summed E-state index contributed by atoms with van der Waals surface area (Å²) in [7, 11) is 1.67. The molecular formula is C23H33IO4. The number of halogens is 1. The molecule has 0 bridgehead atoms. The van der Waals surface area contributed by atoms with Gasteiger partial charge in [-0.2, -0.15) is 0 Å². The van der Waals surface area contributed by atoms with Gasteiger partial charge in [0, 0.05) is 0 Å². The molecule has 1 heterocycles. The number of aliphatic hydroxyl groups excluding tert-OH is 1. The standard InChI is InChI=1S/C23H33IO4/c1-17(12-14-27-16-19-6-8-20(26-4)9-7-19)5-10-22-23(3,28-22)13-11-21(25)18(2)15-24/h6-9,12,15,21-22,25H,5,10-11,13-14,16H2,1-4H3/b17-12+,18-15+/t21-,22-,23-/m0/s1. The fourth-order valence-electron chi connectivity index (χ4n) is 3.16. The van der Waals surface area contributed by atoms with Gasteiger partial charge in [-0.25, -0.2) is 0 Å². The normalized spacial score (nSPS) is 23.6. The fraction of sp³-hybridized carbons (Fsp3) is 0.565. The molecule has 28 heavy (non-hydrogen) atoms. The minimum absolute atomic E-state index is 0.0717. The fourth-order valence-corrected chi connectivity index (χ4v) is 3.57. The monoisotopic (exact) mass is 500 g/mol. The Morgan fingerprint density at radius 1 is 1.32 bits per heavy atom. The first-order chi connectivity index (χ1) is 13.4. The van der Waals surface area contributed by atoms with Crippen molar-refractivity contribution in [3.8, 4) is 5.75 Å². The van der Waals surface area contributed by atoms with Crippen molar-refractivity contribution in [2.45, 2.75) is 70.9 Å². The summed E-state index contributed by atoms with van der Waals surface area (Å²) < 4.78 is 18.8. The molecule has 5 heteroatoms. The molecule has 1 saturated heterocycles. The summed E-state index contributed by atoms with van der Waals surface area (Å²) in [6, 6.07) is 7.94. The molecular weight excluding hydrogens is 467 g/mol. The van der Waals surface area contributed by atoms with Gasteiger partial charge < -0.3 is 19.3 Å². The minimum Gasteiger partial charge on any atom is -0.497 e. The van der Waals surface area contributed by atoms with Gasteiger partial charge in [0.25, 0.3) is 0 Å². The average Bonchev–Trinajstić information content (AvgIpc) is 3.37. The summed E-state index contributed by atoms with van der Waals surface area (Å²) in [5, 5.41) is 10.1. The Labute approximate surface area is 183 Å². The van der Waals surface area contributed by atoms with Crippen LogP contribution >= 0.6 is 22.6 Å². The number of methoxy groups -OCH3 is 1. The molecule has 0 spiro atoms. The highest BCUT2D eigenvalue weighted by Gasteiger charge is 2.50. The number of allylic oxidation sites excluding steroid dienone is 1. The van der Waals surface area contributed by atoms with Crippen LogP contribution in [-0.4, -0.2) is 36.6 Å². The van der Waals surface area contributed by atoms with Crippen molar-refractivity contribution in [3.63, 3.8) is 0 Å². The van der Waals surface area contributed by atoms with Gasteiger partial charge >= 0.3 is 0 Å². The van der Waals surface area contributed by atoms with Crippen molar-refractivity contribution in [2.24, 2.45) is 0 Å². The zero-order chi connectivity index (χ0) is 20.6. The molecule has 0 unspecified atom stereocenters. The molecule has 0 aliphatic carbocycles. The second kappa shape index (κ2) is 11.3. The summed E-state index contributed by atoms with van der Waals surface area (Å²) in [6.45, 7) is 7.49. The number of aliphatic hydroxyl groups is 1. The van der Waals surface area contributed by atoms with E-state index in [1.807, 2.05) is 35.3 Å². The number of epoxide rings is 1. The largest absolute Gasteiger partial charge is 0.497 e. The molecule has 1 fully saturated rings. The molecule has 2 rings (SSSR count). The van der Waals surface area contributed by atoms with Gasteiger partial charge in [-0.3, -0.25) is 0 Å². The number of benzene rings is 1. The summed E-state index contributed by atoms with van der Waals surface area (Å²) in [5.41, 5.74) is 3.42. The topological polar surface area (TPSA) is 51.2 Å². The maximum Gasteiger partial charge on any atom is 0.118 e. The van der Waals surface area contributed by atoms with E-state index in [1.54, 1.807) is 7.11 Å². The van der Waals surface area contributed by atoms with Crippen LogP contribution in [0, 0.1) is 0 Å². The van der Waals surface area contributed by atoms with Gasteiger partial charge in [-0.1, -0.05) is 46.4 Å². The van der Waals surface area contributed by atoms with E-state index >= 15 is 0 Å². The van der Waals surface area contributed by atoms with E-state index in [9.17, 15) is 5.11 Å². The van der Waals surface area contributed by atoms with Crippen LogP contribution < -0.4 is 4.74 Å². The van der Waals surface area contributed by atoms with Gasteiger partial charge in [0.15, 0.2) is 0 Å². The predicted octanol–water partition coefficient (Wildman–Crippen LogP) is 5.58. The Bertz CT molecular complexity index is 668. The summed E-state index contributed by atoms with van der Waals surface area (Å²) in [5.74, 6) is 0.861. The van der Waals surface area contributed by atoms with Crippen molar-refractivity contribution >= 4 is 22.6 Å². The van der Waals surface area contributed by atoms with E-state index in [1.165, 1.54) is 5.57 Å². The third-order valence-corrected chi connectivity index (χ3v) is 6.41.